The Kier molecular flexibility index (Phi) is 6.83. The second-order valence-electron chi connectivity index (χ2n) is 4.03. The number of hydrogen-bond donors (Lipinski definition) is 0. The van der Waals surface area contributed by atoms with Gasteiger partial charge < -0.3 is 0 Å². The van der Waals surface area contributed by atoms with Gasteiger partial charge in [0.15, 0.2) is 0 Å². The van der Waals surface area contributed by atoms with Crippen LogP contribution in [0.4, 0.5) is 0 Å². The predicted molar refractivity (Wildman–Crippen MR) is 58.2 cm³/mol. The first-order valence-corrected chi connectivity index (χ1v) is 9.30. The summed E-state index contributed by atoms with van der Waals surface area (Å²) in [7, 11) is -1.64. The van der Waals surface area contributed by atoms with Crippen LogP contribution in [0.5, 0.6) is 0 Å². The van der Waals surface area contributed by atoms with Crippen molar-refractivity contribution in [2.45, 2.75) is 0 Å². The molecule has 0 heterocycles. The van der Waals surface area contributed by atoms with Gasteiger partial charge in [-0.1, -0.05) is 0 Å². The monoisotopic (exact) mass is 262 g/mol. The van der Waals surface area contributed by atoms with E-state index in [4.69, 9.17) is 6.65 Å². The number of carbonyl (C=O) groups is 1. The molecule has 1 rings (SSSR count). The molecule has 0 amide bonds. The van der Waals surface area contributed by atoms with Gasteiger partial charge in [0.1, 0.15) is 0 Å². The summed E-state index contributed by atoms with van der Waals surface area (Å²) in [6.07, 6.45) is 0. The third-order valence-electron chi connectivity index (χ3n) is 1.72. The van der Waals surface area contributed by atoms with Crippen molar-refractivity contribution in [3.8, 4) is 0 Å². The van der Waals surface area contributed by atoms with Crippen LogP contribution in [0.1, 0.15) is 10.4 Å². The van der Waals surface area contributed by atoms with E-state index in [-0.39, 0.29) is 0 Å². The van der Waals surface area contributed by atoms with Crippen molar-refractivity contribution in [1.29, 1.82) is 0 Å². The minimum atomic E-state index is -2.00. The van der Waals surface area contributed by atoms with Gasteiger partial charge in [-0.25, -0.2) is 0 Å². The zero-order chi connectivity index (χ0) is 11.9. The van der Waals surface area contributed by atoms with Gasteiger partial charge in [-0.3, -0.25) is 0 Å². The van der Waals surface area contributed by atoms with Crippen LogP contribution in [0.15, 0.2) is 30.3 Å². The molecule has 5 heteroatoms. The van der Waals surface area contributed by atoms with Crippen molar-refractivity contribution < 1.29 is 30.5 Å². The maximum atomic E-state index is 11.7. The van der Waals surface area contributed by atoms with E-state index in [0.29, 0.717) is 5.52 Å². The van der Waals surface area contributed by atoms with Crippen LogP contribution in [0.25, 0.3) is 0 Å². The van der Waals surface area contributed by atoms with E-state index in [1.165, 1.54) is 0 Å². The van der Waals surface area contributed by atoms with Crippen LogP contribution < -0.4 is 0 Å². The van der Waals surface area contributed by atoms with Crippen LogP contribution >= 0.6 is 7.26 Å². The van der Waals surface area contributed by atoms with Crippen molar-refractivity contribution in [1.82, 2.24) is 0 Å². The zero-order valence-electron chi connectivity index (χ0n) is 9.11. The SMILES string of the molecule is C[PH](C)(C)C(=O)c1ccccc1.[O]=[Ti]=[O]. The Morgan fingerprint density at radius 3 is 1.80 bits per heavy atom. The molecule has 0 spiro atoms. The molecule has 0 saturated heterocycles. The number of carbonyl (C=O) groups excluding carboxylic acids is 1. The van der Waals surface area contributed by atoms with Crippen molar-refractivity contribution >= 4 is 12.8 Å². The molecule has 0 saturated carbocycles. The molecule has 3 nitrogen and oxygen atoms in total. The van der Waals surface area contributed by atoms with Crippen molar-refractivity contribution in [2.75, 3.05) is 20.0 Å². The predicted octanol–water partition coefficient (Wildman–Crippen LogP) is 2.23. The van der Waals surface area contributed by atoms with Crippen molar-refractivity contribution in [3.63, 3.8) is 0 Å². The van der Waals surface area contributed by atoms with Gasteiger partial charge in [0.05, 0.1) is 0 Å². The molecule has 1 aromatic rings. The van der Waals surface area contributed by atoms with E-state index in [1.807, 2.05) is 30.3 Å². The minimum absolute atomic E-state index is 0.336. The Morgan fingerprint density at radius 1 is 1.07 bits per heavy atom. The second-order valence-corrected chi connectivity index (χ2v) is 9.24. The Hall–Kier alpha value is -0.366. The molecule has 0 fully saturated rings. The maximum absolute atomic E-state index is 11.7. The number of benzene rings is 1. The molecule has 0 radical (unpaired) electrons. The van der Waals surface area contributed by atoms with Gasteiger partial charge in [0.2, 0.25) is 0 Å². The normalized spacial score (nSPS) is 10.6. The Morgan fingerprint density at radius 2 is 1.47 bits per heavy atom. The fourth-order valence-corrected chi connectivity index (χ4v) is 2.06. The molecule has 0 N–H and O–H groups in total. The Balaban J connectivity index is 0.000000583. The van der Waals surface area contributed by atoms with E-state index >= 15 is 0 Å². The average molecular weight is 262 g/mol. The van der Waals surface area contributed by atoms with Crippen molar-refractivity contribution in [3.05, 3.63) is 35.9 Å². The van der Waals surface area contributed by atoms with Gasteiger partial charge in [0, 0.05) is 0 Å². The van der Waals surface area contributed by atoms with E-state index < -0.39 is 26.4 Å². The molecule has 82 valence electrons. The van der Waals surface area contributed by atoms with Crippen LogP contribution in [0, 0.1) is 0 Å². The van der Waals surface area contributed by atoms with Gasteiger partial charge in [0.25, 0.3) is 0 Å². The van der Waals surface area contributed by atoms with Gasteiger partial charge in [-0.05, 0) is 0 Å². The Bertz CT molecular complexity index is 351. The molecule has 0 atom stereocenters. The molecule has 0 aliphatic heterocycles. The van der Waals surface area contributed by atoms with E-state index in [1.54, 1.807) is 0 Å². The standard InChI is InChI=1S/C10H15OP.2O.Ti/c1-12(2,3)10(11)9-7-5-4-6-8-9;;;/h4-8,12H,1-3H3;;;. The first-order chi connectivity index (χ1) is 6.93. The summed E-state index contributed by atoms with van der Waals surface area (Å²) in [6.45, 7) is 6.22. The summed E-state index contributed by atoms with van der Waals surface area (Å²) < 4.78 is 17.0. The summed E-state index contributed by atoms with van der Waals surface area (Å²) in [4.78, 5) is 11.7. The molecule has 0 aromatic heterocycles. The van der Waals surface area contributed by atoms with Crippen LogP contribution in [0.2, 0.25) is 0 Å². The summed E-state index contributed by atoms with van der Waals surface area (Å²) in [5, 5.41) is 0. The first kappa shape index (κ1) is 14.6. The summed E-state index contributed by atoms with van der Waals surface area (Å²) >= 11 is -2.00. The number of rotatable bonds is 2. The van der Waals surface area contributed by atoms with Crippen molar-refractivity contribution in [2.24, 2.45) is 0 Å². The second kappa shape index (κ2) is 7.00. The third-order valence-corrected chi connectivity index (χ3v) is 3.37. The molecule has 0 bridgehead atoms. The fourth-order valence-electron chi connectivity index (χ4n) is 1.02. The Labute approximate surface area is 99.2 Å². The van der Waals surface area contributed by atoms with Crippen LogP contribution in [0.3, 0.4) is 0 Å². The average Bonchev–Trinajstić information content (AvgIpc) is 2.18. The van der Waals surface area contributed by atoms with Gasteiger partial charge in [-0.15, -0.1) is 0 Å². The van der Waals surface area contributed by atoms with E-state index in [0.717, 1.165) is 5.56 Å². The molecule has 0 aliphatic rings. The zero-order valence-corrected chi connectivity index (χ0v) is 11.7. The molecular formula is C10H15O3PTi. The molecular weight excluding hydrogens is 247 g/mol. The molecule has 15 heavy (non-hydrogen) atoms. The quantitative estimate of drug-likeness (QED) is 0.606. The summed E-state index contributed by atoms with van der Waals surface area (Å²) in [6, 6.07) is 9.53. The molecule has 0 aliphatic carbocycles. The molecule has 0 unspecified atom stereocenters. The third kappa shape index (κ3) is 5.93. The van der Waals surface area contributed by atoms with Crippen LogP contribution in [-0.2, 0) is 25.7 Å². The fraction of sp³-hybridized carbons (Fsp3) is 0.300. The van der Waals surface area contributed by atoms with Gasteiger partial charge in [-0.2, -0.15) is 0 Å². The topological polar surface area (TPSA) is 51.2 Å². The number of hydrogen-bond acceptors (Lipinski definition) is 3. The van der Waals surface area contributed by atoms with E-state index in [9.17, 15) is 4.79 Å². The summed E-state index contributed by atoms with van der Waals surface area (Å²) in [5.74, 6) is 0. The van der Waals surface area contributed by atoms with Gasteiger partial charge >= 0.3 is 99.2 Å². The molecule has 1 aromatic carbocycles. The van der Waals surface area contributed by atoms with E-state index in [2.05, 4.69) is 20.0 Å². The first-order valence-electron chi connectivity index (χ1n) is 4.52. The van der Waals surface area contributed by atoms with Crippen LogP contribution in [-0.4, -0.2) is 25.5 Å². The summed E-state index contributed by atoms with van der Waals surface area (Å²) in [5.41, 5.74) is 1.19.